The zero-order valence-corrected chi connectivity index (χ0v) is 27.8. The molecular weight excluding hydrogens is 584 g/mol. The van der Waals surface area contributed by atoms with Crippen LogP contribution in [0.5, 0.6) is 0 Å². The molecule has 0 saturated carbocycles. The van der Waals surface area contributed by atoms with Gasteiger partial charge in [0, 0.05) is 32.7 Å². The first-order valence-corrected chi connectivity index (χ1v) is 16.8. The van der Waals surface area contributed by atoms with Gasteiger partial charge in [0.15, 0.2) is 0 Å². The summed E-state index contributed by atoms with van der Waals surface area (Å²) < 4.78 is 4.88. The van der Waals surface area contributed by atoms with E-state index >= 15 is 0 Å². The number of nitrogens with one attached hydrogen (secondary N) is 1. The fourth-order valence-electron chi connectivity index (χ4n) is 5.03. The molecule has 0 spiro atoms. The van der Waals surface area contributed by atoms with Crippen LogP contribution in [-0.4, -0.2) is 132 Å². The summed E-state index contributed by atoms with van der Waals surface area (Å²) in [5.74, 6) is -4.24. The van der Waals surface area contributed by atoms with E-state index in [1.165, 1.54) is 85.3 Å². The van der Waals surface area contributed by atoms with Gasteiger partial charge in [0.2, 0.25) is 5.91 Å². The topological polar surface area (TPSA) is 177 Å². The highest BCUT2D eigenvalue weighted by Gasteiger charge is 2.20. The first kappa shape index (κ1) is 42.2. The zero-order chi connectivity index (χ0) is 33.7. The van der Waals surface area contributed by atoms with Crippen molar-refractivity contribution in [3.63, 3.8) is 0 Å². The minimum absolute atomic E-state index is 0.0804. The molecule has 1 amide bonds. The number of aliphatic carboxylic acids is 3. The number of unbranched alkanes of at least 4 members (excludes halogenated alkanes) is 13. The maximum Gasteiger partial charge on any atom is 0.320 e. The molecule has 45 heavy (non-hydrogen) atoms. The van der Waals surface area contributed by atoms with Crippen LogP contribution in [0, 0.1) is 0 Å². The summed E-state index contributed by atoms with van der Waals surface area (Å²) in [7, 11) is 0. The highest BCUT2D eigenvalue weighted by atomic mass is 16.5. The summed E-state index contributed by atoms with van der Waals surface area (Å²) in [6.45, 7) is 3.41. The van der Waals surface area contributed by atoms with Gasteiger partial charge in [0.05, 0.1) is 39.3 Å². The Labute approximate surface area is 269 Å². The molecule has 0 aromatic heterocycles. The standard InChI is InChI=1S/C32H60N4O9/c1-3-5-6-7-8-9-10-11-12-13-14-15-16-17-18-33-28(37)23-35(25-30(40)41)21-19-34(24-29(38)39)20-22-36(26-31(42)43)27-32(44)45-4-2/h3-27H2,1-2H3,(H,33,37)(H,38,39)(H,40,41)(H,42,43). The van der Waals surface area contributed by atoms with Crippen molar-refractivity contribution in [1.29, 1.82) is 0 Å². The van der Waals surface area contributed by atoms with Crippen molar-refractivity contribution in [3.05, 3.63) is 0 Å². The molecule has 0 aliphatic rings. The molecule has 0 aromatic rings. The Morgan fingerprint density at radius 3 is 1.31 bits per heavy atom. The second-order valence-corrected chi connectivity index (χ2v) is 11.6. The number of hydrogen-bond acceptors (Lipinski definition) is 9. The lowest BCUT2D eigenvalue weighted by molar-refractivity contribution is -0.146. The molecule has 0 aromatic carbocycles. The van der Waals surface area contributed by atoms with Gasteiger partial charge in [-0.15, -0.1) is 0 Å². The normalized spacial score (nSPS) is 11.3. The zero-order valence-electron chi connectivity index (χ0n) is 27.8. The minimum Gasteiger partial charge on any atom is -0.480 e. The average Bonchev–Trinajstić information content (AvgIpc) is 2.95. The number of hydrogen-bond donors (Lipinski definition) is 4. The van der Waals surface area contributed by atoms with Crippen LogP contribution in [-0.2, 0) is 28.7 Å². The largest absolute Gasteiger partial charge is 0.480 e. The minimum atomic E-state index is -1.14. The van der Waals surface area contributed by atoms with E-state index < -0.39 is 30.4 Å². The number of amides is 1. The molecule has 0 aliphatic heterocycles. The first-order valence-electron chi connectivity index (χ1n) is 16.8. The lowest BCUT2D eigenvalue weighted by atomic mass is 10.0. The molecule has 0 radical (unpaired) electrons. The summed E-state index contributed by atoms with van der Waals surface area (Å²) in [6.07, 6.45) is 17.4. The smallest absolute Gasteiger partial charge is 0.320 e. The number of carboxylic acids is 3. The summed E-state index contributed by atoms with van der Waals surface area (Å²) in [5.41, 5.74) is 0. The number of esters is 1. The van der Waals surface area contributed by atoms with Crippen LogP contribution < -0.4 is 5.32 Å². The molecule has 0 rings (SSSR count). The molecule has 0 heterocycles. The van der Waals surface area contributed by atoms with Gasteiger partial charge in [-0.05, 0) is 13.3 Å². The van der Waals surface area contributed by atoms with Gasteiger partial charge < -0.3 is 25.4 Å². The molecule has 4 N–H and O–H groups in total. The van der Waals surface area contributed by atoms with Gasteiger partial charge in [0.1, 0.15) is 0 Å². The summed E-state index contributed by atoms with van der Waals surface area (Å²) in [4.78, 5) is 62.7. The van der Waals surface area contributed by atoms with Gasteiger partial charge in [-0.3, -0.25) is 38.7 Å². The SMILES string of the molecule is CCCCCCCCCCCCCCCCNC(=O)CN(CCN(CCN(CC(=O)O)CC(=O)OCC)CC(=O)O)CC(=O)O. The molecule has 0 fully saturated rings. The second kappa shape index (κ2) is 28.7. The molecule has 0 bridgehead atoms. The van der Waals surface area contributed by atoms with E-state index in [0.29, 0.717) is 6.54 Å². The number of nitrogens with zero attached hydrogens (tertiary/aromatic N) is 3. The number of rotatable bonds is 32. The number of ether oxygens (including phenoxy) is 1. The van der Waals surface area contributed by atoms with E-state index in [4.69, 9.17) is 9.84 Å². The third kappa shape index (κ3) is 28.4. The Morgan fingerprint density at radius 2 is 0.889 bits per heavy atom. The Kier molecular flexibility index (Phi) is 26.9. The van der Waals surface area contributed by atoms with Crippen molar-refractivity contribution in [2.75, 3.05) is 72.1 Å². The van der Waals surface area contributed by atoms with Crippen molar-refractivity contribution in [2.24, 2.45) is 0 Å². The lowest BCUT2D eigenvalue weighted by Crippen LogP contribution is -2.46. The summed E-state index contributed by atoms with van der Waals surface area (Å²) >= 11 is 0. The molecule has 0 atom stereocenters. The molecule has 0 unspecified atom stereocenters. The van der Waals surface area contributed by atoms with Crippen LogP contribution in [0.15, 0.2) is 0 Å². The molecule has 13 heteroatoms. The predicted octanol–water partition coefficient (Wildman–Crippen LogP) is 3.31. The fraction of sp³-hybridized carbons (Fsp3) is 0.844. The van der Waals surface area contributed by atoms with E-state index in [2.05, 4.69) is 12.2 Å². The average molecular weight is 645 g/mol. The molecular formula is C32H60N4O9. The van der Waals surface area contributed by atoms with Crippen molar-refractivity contribution in [2.45, 2.75) is 104 Å². The fourth-order valence-corrected chi connectivity index (χ4v) is 5.03. The van der Waals surface area contributed by atoms with Crippen LogP contribution in [0.3, 0.4) is 0 Å². The highest BCUT2D eigenvalue weighted by Crippen LogP contribution is 2.12. The maximum atomic E-state index is 12.5. The molecule has 13 nitrogen and oxygen atoms in total. The summed E-state index contributed by atoms with van der Waals surface area (Å²) in [5, 5.41) is 30.7. The van der Waals surface area contributed by atoms with E-state index in [1.807, 2.05) is 0 Å². The lowest BCUT2D eigenvalue weighted by Gasteiger charge is -2.27. The molecule has 0 saturated heterocycles. The van der Waals surface area contributed by atoms with Crippen molar-refractivity contribution in [3.8, 4) is 0 Å². The summed E-state index contributed by atoms with van der Waals surface area (Å²) in [6, 6.07) is 0. The Morgan fingerprint density at radius 1 is 0.511 bits per heavy atom. The van der Waals surface area contributed by atoms with Crippen molar-refractivity contribution in [1.82, 2.24) is 20.0 Å². The van der Waals surface area contributed by atoms with E-state index in [1.54, 1.807) is 6.92 Å². The van der Waals surface area contributed by atoms with Crippen LogP contribution in [0.2, 0.25) is 0 Å². The van der Waals surface area contributed by atoms with Crippen LogP contribution >= 0.6 is 0 Å². The van der Waals surface area contributed by atoms with E-state index in [9.17, 15) is 34.2 Å². The Hall–Kier alpha value is -2.77. The number of carbonyl (C=O) groups excluding carboxylic acids is 2. The van der Waals surface area contributed by atoms with Gasteiger partial charge in [0.25, 0.3) is 0 Å². The second-order valence-electron chi connectivity index (χ2n) is 11.6. The molecule has 262 valence electrons. The highest BCUT2D eigenvalue weighted by molar-refractivity contribution is 5.79. The van der Waals surface area contributed by atoms with E-state index in [0.717, 1.165) is 19.3 Å². The van der Waals surface area contributed by atoms with Gasteiger partial charge in [-0.2, -0.15) is 0 Å². The Bertz CT molecular complexity index is 828. The third-order valence-corrected chi connectivity index (χ3v) is 7.42. The van der Waals surface area contributed by atoms with Gasteiger partial charge in [-0.25, -0.2) is 0 Å². The monoisotopic (exact) mass is 644 g/mol. The van der Waals surface area contributed by atoms with Crippen molar-refractivity contribution >= 4 is 29.8 Å². The van der Waals surface area contributed by atoms with Crippen LogP contribution in [0.1, 0.15) is 104 Å². The van der Waals surface area contributed by atoms with Gasteiger partial charge in [-0.1, -0.05) is 90.4 Å². The number of carboxylic acid groups (broad SMARTS) is 3. The van der Waals surface area contributed by atoms with Gasteiger partial charge >= 0.3 is 23.9 Å². The van der Waals surface area contributed by atoms with Crippen LogP contribution in [0.4, 0.5) is 0 Å². The van der Waals surface area contributed by atoms with E-state index in [-0.39, 0.29) is 64.9 Å². The quantitative estimate of drug-likeness (QED) is 0.0622. The number of carbonyl (C=O) groups is 5. The van der Waals surface area contributed by atoms with Crippen molar-refractivity contribution < 1.29 is 44.0 Å². The first-order chi connectivity index (χ1) is 21.6. The predicted molar refractivity (Wildman–Crippen MR) is 172 cm³/mol. The van der Waals surface area contributed by atoms with Crippen LogP contribution in [0.25, 0.3) is 0 Å². The molecule has 0 aliphatic carbocycles. The maximum absolute atomic E-state index is 12.5. The third-order valence-electron chi connectivity index (χ3n) is 7.42. The Balaban J connectivity index is 4.44.